The van der Waals surface area contributed by atoms with E-state index < -0.39 is 11.6 Å². The van der Waals surface area contributed by atoms with E-state index in [-0.39, 0.29) is 51.2 Å². The Labute approximate surface area is 180 Å². The zero-order valence-corrected chi connectivity index (χ0v) is 17.6. The molecule has 4 aromatic rings. The largest absolute Gasteiger partial charge is 0.345 e. The summed E-state index contributed by atoms with van der Waals surface area (Å²) in [7, 11) is 3.16. The molecule has 1 aromatic carbocycles. The van der Waals surface area contributed by atoms with Crippen LogP contribution in [0.5, 0.6) is 0 Å². The van der Waals surface area contributed by atoms with Crippen molar-refractivity contribution in [3.63, 3.8) is 0 Å². The molecule has 0 unspecified atom stereocenters. The topological polar surface area (TPSA) is 111 Å². The van der Waals surface area contributed by atoms with Crippen molar-refractivity contribution in [2.75, 3.05) is 4.90 Å². The predicted molar refractivity (Wildman–Crippen MR) is 115 cm³/mol. The van der Waals surface area contributed by atoms with Crippen LogP contribution in [0.1, 0.15) is 25.7 Å². The second-order valence-corrected chi connectivity index (χ2v) is 8.86. The maximum absolute atomic E-state index is 15.0. The highest BCUT2D eigenvalue weighted by Gasteiger charge is 2.41. The Morgan fingerprint density at radius 3 is 2.56 bits per heavy atom. The molecule has 2 bridgehead atoms. The Hall–Kier alpha value is -3.34. The maximum atomic E-state index is 15.0. The van der Waals surface area contributed by atoms with E-state index in [1.165, 1.54) is 28.6 Å². The van der Waals surface area contributed by atoms with Gasteiger partial charge in [-0.2, -0.15) is 4.98 Å². The van der Waals surface area contributed by atoms with Crippen LogP contribution in [0, 0.1) is 11.6 Å². The molecule has 5 heterocycles. The van der Waals surface area contributed by atoms with Gasteiger partial charge in [0, 0.05) is 49.5 Å². The summed E-state index contributed by atoms with van der Waals surface area (Å²) < 4.78 is 32.5. The van der Waals surface area contributed by atoms with E-state index in [2.05, 4.69) is 20.2 Å². The number of aryl methyl sites for hydroxylation is 1. The molecule has 3 N–H and O–H groups in total. The van der Waals surface area contributed by atoms with Gasteiger partial charge in [-0.25, -0.2) is 13.5 Å². The number of hydrogen-bond acceptors (Lipinski definition) is 6. The van der Waals surface area contributed by atoms with Crippen molar-refractivity contribution in [3.8, 4) is 11.1 Å². The van der Waals surface area contributed by atoms with E-state index in [1.807, 2.05) is 0 Å². The molecular formula is C21H22F2N8O. The lowest BCUT2D eigenvalue weighted by Crippen LogP contribution is -2.49. The van der Waals surface area contributed by atoms with Crippen LogP contribution in [-0.2, 0) is 14.1 Å². The second-order valence-electron chi connectivity index (χ2n) is 8.86. The third-order valence-electron chi connectivity index (χ3n) is 6.95. The average molecular weight is 440 g/mol. The van der Waals surface area contributed by atoms with Gasteiger partial charge in [-0.1, -0.05) is 5.21 Å². The lowest BCUT2D eigenvalue weighted by atomic mass is 9.98. The highest BCUT2D eigenvalue weighted by atomic mass is 19.2. The molecular weight excluding hydrogens is 418 g/mol. The number of fused-ring (bicyclic) bond motifs is 4. The maximum Gasteiger partial charge on any atom is 0.264 e. The van der Waals surface area contributed by atoms with E-state index in [4.69, 9.17) is 10.7 Å². The minimum atomic E-state index is -1.06. The first-order chi connectivity index (χ1) is 15.3. The number of piperidine rings is 1. The fraction of sp³-hybridized carbons (Fsp3) is 0.429. The van der Waals surface area contributed by atoms with Crippen molar-refractivity contribution in [1.29, 1.82) is 0 Å². The van der Waals surface area contributed by atoms with E-state index in [1.54, 1.807) is 7.05 Å². The van der Waals surface area contributed by atoms with Crippen LogP contribution in [0.25, 0.3) is 33.2 Å². The molecule has 2 saturated heterocycles. The van der Waals surface area contributed by atoms with Crippen molar-refractivity contribution in [2.45, 2.75) is 43.8 Å². The van der Waals surface area contributed by atoms with Gasteiger partial charge >= 0.3 is 0 Å². The molecule has 3 atom stereocenters. The number of rotatable bonds is 2. The SMILES string of the molecule is Cn1c(N2[C@@H]3CC[C@H]2C[C@@H](N)C3)nc2[nH]cc(-c3cc4nnn(C)c4c(F)c3F)c2c1=O. The molecule has 3 aromatic heterocycles. The number of nitrogens with two attached hydrogens (primary N) is 1. The Balaban J connectivity index is 1.54. The molecule has 0 amide bonds. The molecule has 0 radical (unpaired) electrons. The molecule has 166 valence electrons. The summed E-state index contributed by atoms with van der Waals surface area (Å²) in [5.74, 6) is -1.54. The van der Waals surface area contributed by atoms with Gasteiger partial charge in [0.25, 0.3) is 5.56 Å². The molecule has 2 fully saturated rings. The lowest BCUT2D eigenvalue weighted by Gasteiger charge is -2.38. The summed E-state index contributed by atoms with van der Waals surface area (Å²) >= 11 is 0. The molecule has 0 spiro atoms. The van der Waals surface area contributed by atoms with Crippen LogP contribution in [0.2, 0.25) is 0 Å². The van der Waals surface area contributed by atoms with Crippen molar-refractivity contribution in [1.82, 2.24) is 29.5 Å². The molecule has 11 heteroatoms. The first kappa shape index (κ1) is 19.4. The minimum absolute atomic E-state index is 0.0295. The number of aromatic amines is 1. The Bertz CT molecular complexity index is 1440. The number of anilines is 1. The highest BCUT2D eigenvalue weighted by Crippen LogP contribution is 2.39. The first-order valence-electron chi connectivity index (χ1n) is 10.6. The molecule has 9 nitrogen and oxygen atoms in total. The lowest BCUT2D eigenvalue weighted by molar-refractivity contribution is 0.405. The summed E-state index contributed by atoms with van der Waals surface area (Å²) in [6.07, 6.45) is 5.26. The zero-order valence-electron chi connectivity index (χ0n) is 17.6. The Morgan fingerprint density at radius 2 is 1.84 bits per heavy atom. The van der Waals surface area contributed by atoms with Crippen molar-refractivity contribution >= 4 is 28.0 Å². The molecule has 0 aliphatic carbocycles. The van der Waals surface area contributed by atoms with Crippen molar-refractivity contribution in [2.24, 2.45) is 19.8 Å². The summed E-state index contributed by atoms with van der Waals surface area (Å²) in [6.45, 7) is 0. The number of hydrogen-bond donors (Lipinski definition) is 2. The first-order valence-corrected chi connectivity index (χ1v) is 10.6. The summed E-state index contributed by atoms with van der Waals surface area (Å²) in [4.78, 5) is 23.3. The number of aromatic nitrogens is 6. The average Bonchev–Trinajstić information content (AvgIpc) is 3.42. The monoisotopic (exact) mass is 440 g/mol. The van der Waals surface area contributed by atoms with Gasteiger partial charge in [0.05, 0.1) is 5.39 Å². The predicted octanol–water partition coefficient (Wildman–Crippen LogP) is 1.95. The number of nitrogens with one attached hydrogen (secondary N) is 1. The number of benzene rings is 1. The van der Waals surface area contributed by atoms with Crippen LogP contribution in [0.3, 0.4) is 0 Å². The van der Waals surface area contributed by atoms with Gasteiger partial charge in [0.15, 0.2) is 11.6 Å². The van der Waals surface area contributed by atoms with Crippen molar-refractivity contribution in [3.05, 3.63) is 34.3 Å². The van der Waals surface area contributed by atoms with Gasteiger partial charge in [-0.05, 0) is 31.7 Å². The summed E-state index contributed by atoms with van der Waals surface area (Å²) in [5, 5.41) is 7.87. The van der Waals surface area contributed by atoms with Gasteiger partial charge in [-0.3, -0.25) is 9.36 Å². The fourth-order valence-electron chi connectivity index (χ4n) is 5.48. The van der Waals surface area contributed by atoms with E-state index in [0.717, 1.165) is 25.7 Å². The van der Waals surface area contributed by atoms with Crippen LogP contribution in [0.15, 0.2) is 17.1 Å². The molecule has 0 saturated carbocycles. The van der Waals surface area contributed by atoms with Gasteiger partial charge in [-0.15, -0.1) is 5.10 Å². The van der Waals surface area contributed by atoms with Gasteiger partial charge in [0.1, 0.15) is 16.7 Å². The smallest absolute Gasteiger partial charge is 0.264 e. The zero-order chi connectivity index (χ0) is 22.3. The van der Waals surface area contributed by atoms with Crippen LogP contribution in [0.4, 0.5) is 14.7 Å². The quantitative estimate of drug-likeness (QED) is 0.493. The standard InChI is InChI=1S/C21H22F2N8O/c1-29-20(32)15-13(12-7-14-18(17(23)16(12)22)30(2)28-27-14)8-25-19(15)26-21(29)31-10-3-4-11(31)6-9(24)5-10/h7-11,25H,3-6,24H2,1-2H3/t9-,10+,11-. The minimum Gasteiger partial charge on any atom is -0.345 e. The van der Waals surface area contributed by atoms with Crippen LogP contribution < -0.4 is 16.2 Å². The summed E-state index contributed by atoms with van der Waals surface area (Å²) in [5.41, 5.74) is 6.57. The number of H-pyrrole nitrogens is 1. The molecule has 6 rings (SSSR count). The Kier molecular flexibility index (Phi) is 3.98. The molecule has 2 aliphatic heterocycles. The molecule has 2 aliphatic rings. The normalized spacial score (nSPS) is 23.0. The van der Waals surface area contributed by atoms with Crippen LogP contribution in [-0.4, -0.2) is 47.7 Å². The fourth-order valence-corrected chi connectivity index (χ4v) is 5.48. The number of halogens is 2. The highest BCUT2D eigenvalue weighted by molar-refractivity contribution is 5.96. The summed E-state index contributed by atoms with van der Waals surface area (Å²) in [6, 6.07) is 2.07. The van der Waals surface area contributed by atoms with E-state index >= 15 is 4.39 Å². The van der Waals surface area contributed by atoms with E-state index in [0.29, 0.717) is 11.6 Å². The third-order valence-corrected chi connectivity index (χ3v) is 6.95. The third kappa shape index (κ3) is 2.51. The van der Waals surface area contributed by atoms with Crippen LogP contribution >= 0.6 is 0 Å². The second kappa shape index (κ2) is 6.58. The van der Waals surface area contributed by atoms with Gasteiger partial charge in [0.2, 0.25) is 5.95 Å². The van der Waals surface area contributed by atoms with E-state index in [9.17, 15) is 9.18 Å². The Morgan fingerprint density at radius 1 is 1.12 bits per heavy atom. The number of nitrogens with zero attached hydrogens (tertiary/aromatic N) is 6. The molecule has 32 heavy (non-hydrogen) atoms. The van der Waals surface area contributed by atoms with Crippen molar-refractivity contribution < 1.29 is 8.78 Å². The van der Waals surface area contributed by atoms with Gasteiger partial charge < -0.3 is 15.6 Å².